The van der Waals surface area contributed by atoms with Crippen LogP contribution in [0.15, 0.2) is 24.4 Å². The molecule has 1 fully saturated rings. The van der Waals surface area contributed by atoms with Gasteiger partial charge >= 0.3 is 0 Å². The first-order valence-corrected chi connectivity index (χ1v) is 7.57. The van der Waals surface area contributed by atoms with Crippen molar-refractivity contribution >= 4 is 16.7 Å². The Kier molecular flexibility index (Phi) is 3.86. The van der Waals surface area contributed by atoms with Crippen molar-refractivity contribution < 1.29 is 9.18 Å². The maximum absolute atomic E-state index is 14.0. The van der Waals surface area contributed by atoms with Crippen molar-refractivity contribution in [2.45, 2.75) is 44.9 Å². The number of benzene rings is 1. The molecule has 2 nitrogen and oxygen atoms in total. The van der Waals surface area contributed by atoms with Gasteiger partial charge in [-0.25, -0.2) is 4.39 Å². The topological polar surface area (TPSA) is 32.9 Å². The van der Waals surface area contributed by atoms with Crippen LogP contribution < -0.4 is 0 Å². The van der Waals surface area contributed by atoms with Gasteiger partial charge in [0.25, 0.3) is 0 Å². The number of hydrogen-bond acceptors (Lipinski definition) is 1. The van der Waals surface area contributed by atoms with Gasteiger partial charge in [0.1, 0.15) is 5.82 Å². The minimum atomic E-state index is -0.307. The van der Waals surface area contributed by atoms with Crippen LogP contribution in [-0.4, -0.2) is 10.8 Å². The Hall–Kier alpha value is -1.64. The van der Waals surface area contributed by atoms with E-state index in [0.29, 0.717) is 16.5 Å². The van der Waals surface area contributed by atoms with Gasteiger partial charge in [-0.05, 0) is 25.0 Å². The van der Waals surface area contributed by atoms with Gasteiger partial charge in [-0.2, -0.15) is 0 Å². The highest BCUT2D eigenvalue weighted by Gasteiger charge is 2.24. The van der Waals surface area contributed by atoms with Gasteiger partial charge in [0.15, 0.2) is 5.78 Å². The first kappa shape index (κ1) is 13.3. The summed E-state index contributed by atoms with van der Waals surface area (Å²) in [7, 11) is 0. The molecule has 0 unspecified atom stereocenters. The van der Waals surface area contributed by atoms with Crippen molar-refractivity contribution in [1.82, 2.24) is 4.98 Å². The summed E-state index contributed by atoms with van der Waals surface area (Å²) in [5, 5.41) is 0.458. The van der Waals surface area contributed by atoms with E-state index in [1.54, 1.807) is 12.3 Å². The van der Waals surface area contributed by atoms with E-state index >= 15 is 0 Å². The summed E-state index contributed by atoms with van der Waals surface area (Å²) in [4.78, 5) is 15.7. The van der Waals surface area contributed by atoms with Crippen LogP contribution in [0, 0.1) is 11.7 Å². The summed E-state index contributed by atoms with van der Waals surface area (Å²) in [6.45, 7) is 0. The Morgan fingerprint density at radius 3 is 2.55 bits per heavy atom. The number of Topliss-reactive ketones (excluding diaryl/α,β-unsaturated/α-hetero) is 1. The maximum Gasteiger partial charge on any atom is 0.168 e. The van der Waals surface area contributed by atoms with E-state index in [1.807, 2.05) is 6.07 Å². The molecule has 0 radical (unpaired) electrons. The van der Waals surface area contributed by atoms with E-state index in [2.05, 4.69) is 4.98 Å². The third kappa shape index (κ3) is 2.49. The minimum absolute atomic E-state index is 0.0638. The summed E-state index contributed by atoms with van der Waals surface area (Å²) >= 11 is 0. The summed E-state index contributed by atoms with van der Waals surface area (Å²) in [5.41, 5.74) is 1.24. The van der Waals surface area contributed by atoms with Gasteiger partial charge in [-0.15, -0.1) is 0 Å². The van der Waals surface area contributed by atoms with Crippen LogP contribution in [0.3, 0.4) is 0 Å². The summed E-state index contributed by atoms with van der Waals surface area (Å²) in [5.74, 6) is -0.130. The molecule has 1 aliphatic carbocycles. The van der Waals surface area contributed by atoms with Gasteiger partial charge in [0.05, 0.1) is 0 Å². The van der Waals surface area contributed by atoms with E-state index in [-0.39, 0.29) is 17.5 Å². The fourth-order valence-corrected chi connectivity index (χ4v) is 3.27. The molecule has 0 amide bonds. The molecule has 0 saturated heterocycles. The second-order valence-electron chi connectivity index (χ2n) is 5.77. The fraction of sp³-hybridized carbons (Fsp3) is 0.471. The number of carbonyl (C=O) groups excluding carboxylic acids is 1. The molecule has 0 spiro atoms. The molecule has 0 bridgehead atoms. The van der Waals surface area contributed by atoms with E-state index in [4.69, 9.17) is 0 Å². The van der Waals surface area contributed by atoms with E-state index in [1.165, 1.54) is 25.3 Å². The second kappa shape index (κ2) is 5.78. The van der Waals surface area contributed by atoms with Crippen molar-refractivity contribution in [1.29, 1.82) is 0 Å². The third-order valence-corrected chi connectivity index (χ3v) is 4.40. The van der Waals surface area contributed by atoms with Crippen molar-refractivity contribution in [3.8, 4) is 0 Å². The molecule has 1 aromatic carbocycles. The molecule has 1 aromatic heterocycles. The van der Waals surface area contributed by atoms with E-state index in [0.717, 1.165) is 25.7 Å². The molecule has 1 saturated carbocycles. The molecule has 20 heavy (non-hydrogen) atoms. The summed E-state index contributed by atoms with van der Waals surface area (Å²) in [6, 6.07) is 4.90. The lowest BCUT2D eigenvalue weighted by atomic mass is 9.85. The molecule has 3 rings (SSSR count). The largest absolute Gasteiger partial charge is 0.360 e. The summed E-state index contributed by atoms with van der Waals surface area (Å²) < 4.78 is 14.0. The Balaban J connectivity index is 1.91. The molecule has 2 aromatic rings. The molecule has 1 heterocycles. The Bertz CT molecular complexity index is 608. The van der Waals surface area contributed by atoms with E-state index < -0.39 is 0 Å². The number of rotatable bonds is 2. The van der Waals surface area contributed by atoms with E-state index in [9.17, 15) is 9.18 Å². The van der Waals surface area contributed by atoms with Crippen molar-refractivity contribution in [3.63, 3.8) is 0 Å². The standard InChI is InChI=1S/C17H20FNO/c18-14-9-6-10-15-16(14)13(11-19-15)17(20)12-7-4-2-1-3-5-8-12/h6,9-12,19H,1-5,7-8H2. The maximum atomic E-state index is 14.0. The monoisotopic (exact) mass is 273 g/mol. The highest BCUT2D eigenvalue weighted by Crippen LogP contribution is 2.29. The number of aromatic nitrogens is 1. The smallest absolute Gasteiger partial charge is 0.168 e. The average molecular weight is 273 g/mol. The van der Waals surface area contributed by atoms with Crippen LogP contribution in [-0.2, 0) is 0 Å². The second-order valence-corrected chi connectivity index (χ2v) is 5.77. The van der Waals surface area contributed by atoms with Crippen LogP contribution in [0.1, 0.15) is 55.3 Å². The van der Waals surface area contributed by atoms with Gasteiger partial charge in [0, 0.05) is 28.6 Å². The number of H-pyrrole nitrogens is 1. The number of halogens is 1. The fourth-order valence-electron chi connectivity index (χ4n) is 3.27. The molecule has 1 N–H and O–H groups in total. The molecular weight excluding hydrogens is 253 g/mol. The number of carbonyl (C=O) groups is 1. The molecule has 106 valence electrons. The Morgan fingerprint density at radius 1 is 1.10 bits per heavy atom. The number of aromatic amines is 1. The molecule has 1 aliphatic rings. The van der Waals surface area contributed by atoms with Crippen molar-refractivity contribution in [2.75, 3.05) is 0 Å². The Labute approximate surface area is 118 Å². The number of nitrogens with one attached hydrogen (secondary N) is 1. The van der Waals surface area contributed by atoms with Crippen molar-refractivity contribution in [3.05, 3.63) is 35.8 Å². The quantitative estimate of drug-likeness (QED) is 0.779. The molecular formula is C17H20FNO. The predicted octanol–water partition coefficient (Wildman–Crippen LogP) is 4.85. The summed E-state index contributed by atoms with van der Waals surface area (Å²) in [6.07, 6.45) is 9.50. The average Bonchev–Trinajstić information content (AvgIpc) is 2.83. The zero-order chi connectivity index (χ0) is 13.9. The number of hydrogen-bond donors (Lipinski definition) is 1. The predicted molar refractivity (Wildman–Crippen MR) is 78.4 cm³/mol. The van der Waals surface area contributed by atoms with Gasteiger partial charge < -0.3 is 4.98 Å². The van der Waals surface area contributed by atoms with Gasteiger partial charge in [0.2, 0.25) is 0 Å². The first-order chi connectivity index (χ1) is 9.77. The highest BCUT2D eigenvalue weighted by molar-refractivity contribution is 6.09. The number of ketones is 1. The van der Waals surface area contributed by atoms with Crippen LogP contribution >= 0.6 is 0 Å². The SMILES string of the molecule is O=C(c1c[nH]c2cccc(F)c12)C1CCCCCCC1. The lowest BCUT2D eigenvalue weighted by molar-refractivity contribution is 0.0900. The third-order valence-electron chi connectivity index (χ3n) is 4.40. The molecule has 0 aliphatic heterocycles. The van der Waals surface area contributed by atoms with Crippen LogP contribution in [0.5, 0.6) is 0 Å². The zero-order valence-electron chi connectivity index (χ0n) is 11.6. The van der Waals surface area contributed by atoms with Gasteiger partial charge in [-0.1, -0.05) is 38.2 Å². The highest BCUT2D eigenvalue weighted by atomic mass is 19.1. The van der Waals surface area contributed by atoms with Crippen molar-refractivity contribution in [2.24, 2.45) is 5.92 Å². The van der Waals surface area contributed by atoms with Gasteiger partial charge in [-0.3, -0.25) is 4.79 Å². The Morgan fingerprint density at radius 2 is 1.80 bits per heavy atom. The first-order valence-electron chi connectivity index (χ1n) is 7.57. The number of fused-ring (bicyclic) bond motifs is 1. The molecule has 3 heteroatoms. The minimum Gasteiger partial charge on any atom is -0.360 e. The normalized spacial score (nSPS) is 17.9. The zero-order valence-corrected chi connectivity index (χ0v) is 11.6. The molecule has 0 atom stereocenters. The van der Waals surface area contributed by atoms with Crippen LogP contribution in [0.4, 0.5) is 4.39 Å². The lowest BCUT2D eigenvalue weighted by Gasteiger charge is -2.18. The van der Waals surface area contributed by atoms with Crippen LogP contribution in [0.25, 0.3) is 10.9 Å². The lowest BCUT2D eigenvalue weighted by Crippen LogP contribution is -2.16. The van der Waals surface area contributed by atoms with Crippen LogP contribution in [0.2, 0.25) is 0 Å².